The Labute approximate surface area is 150 Å². The van der Waals surface area contributed by atoms with Crippen molar-refractivity contribution in [1.29, 1.82) is 0 Å². The maximum absolute atomic E-state index is 4.62. The van der Waals surface area contributed by atoms with Gasteiger partial charge in [-0.05, 0) is 36.6 Å². The highest BCUT2D eigenvalue weighted by Crippen LogP contribution is 2.17. The standard InChI is InChI=1S/C20H27N5/c1-2-21-20(24-15-19-9-5-6-11-22-19)23-12-14-25-13-10-17-7-3-4-8-18(17)16-25/h3-9,11H,2,10,12-16H2,1H3,(H2,21,23,24). The van der Waals surface area contributed by atoms with Crippen LogP contribution in [0.15, 0.2) is 53.7 Å². The van der Waals surface area contributed by atoms with Crippen molar-refractivity contribution in [2.45, 2.75) is 26.4 Å². The summed E-state index contributed by atoms with van der Waals surface area (Å²) in [7, 11) is 0. The number of nitrogens with one attached hydrogen (secondary N) is 2. The van der Waals surface area contributed by atoms with Crippen LogP contribution < -0.4 is 10.6 Å². The molecule has 1 aromatic carbocycles. The van der Waals surface area contributed by atoms with E-state index in [1.807, 2.05) is 18.2 Å². The van der Waals surface area contributed by atoms with E-state index in [0.29, 0.717) is 6.54 Å². The number of pyridine rings is 1. The van der Waals surface area contributed by atoms with E-state index in [2.05, 4.69) is 56.7 Å². The summed E-state index contributed by atoms with van der Waals surface area (Å²) in [4.78, 5) is 11.4. The smallest absolute Gasteiger partial charge is 0.191 e. The SMILES string of the molecule is CCNC(=NCc1ccccn1)NCCN1CCc2ccccc2C1. The van der Waals surface area contributed by atoms with E-state index in [4.69, 9.17) is 0 Å². The molecule has 0 atom stereocenters. The van der Waals surface area contributed by atoms with Crippen LogP contribution in [0, 0.1) is 0 Å². The summed E-state index contributed by atoms with van der Waals surface area (Å²) >= 11 is 0. The number of aromatic nitrogens is 1. The zero-order chi connectivity index (χ0) is 17.3. The highest BCUT2D eigenvalue weighted by Gasteiger charge is 2.14. The van der Waals surface area contributed by atoms with E-state index in [9.17, 15) is 0 Å². The van der Waals surface area contributed by atoms with Gasteiger partial charge in [-0.3, -0.25) is 9.88 Å². The average molecular weight is 337 g/mol. The first kappa shape index (κ1) is 17.4. The quantitative estimate of drug-likeness (QED) is 0.627. The number of fused-ring (bicyclic) bond motifs is 1. The van der Waals surface area contributed by atoms with Gasteiger partial charge in [0.2, 0.25) is 0 Å². The molecule has 25 heavy (non-hydrogen) atoms. The molecule has 5 heteroatoms. The maximum atomic E-state index is 4.62. The molecule has 2 aromatic rings. The lowest BCUT2D eigenvalue weighted by Gasteiger charge is -2.28. The van der Waals surface area contributed by atoms with Crippen molar-refractivity contribution in [3.05, 3.63) is 65.5 Å². The molecule has 2 N–H and O–H groups in total. The highest BCUT2D eigenvalue weighted by atomic mass is 15.2. The van der Waals surface area contributed by atoms with Gasteiger partial charge in [-0.2, -0.15) is 0 Å². The molecule has 2 heterocycles. The van der Waals surface area contributed by atoms with Crippen LogP contribution in [-0.4, -0.2) is 42.0 Å². The maximum Gasteiger partial charge on any atom is 0.191 e. The largest absolute Gasteiger partial charge is 0.357 e. The van der Waals surface area contributed by atoms with Crippen molar-refractivity contribution in [3.63, 3.8) is 0 Å². The van der Waals surface area contributed by atoms with Gasteiger partial charge in [-0.15, -0.1) is 0 Å². The van der Waals surface area contributed by atoms with E-state index in [-0.39, 0.29) is 0 Å². The van der Waals surface area contributed by atoms with E-state index in [1.165, 1.54) is 11.1 Å². The molecule has 0 amide bonds. The van der Waals surface area contributed by atoms with Crippen molar-refractivity contribution < 1.29 is 0 Å². The first-order valence-corrected chi connectivity index (χ1v) is 9.06. The molecular weight excluding hydrogens is 310 g/mol. The summed E-state index contributed by atoms with van der Waals surface area (Å²) in [5.41, 5.74) is 3.94. The lowest BCUT2D eigenvalue weighted by atomic mass is 10.00. The van der Waals surface area contributed by atoms with Crippen LogP contribution in [0.4, 0.5) is 0 Å². The van der Waals surface area contributed by atoms with Gasteiger partial charge in [0.05, 0.1) is 12.2 Å². The zero-order valence-electron chi connectivity index (χ0n) is 14.9. The van der Waals surface area contributed by atoms with E-state index < -0.39 is 0 Å². The second-order valence-electron chi connectivity index (χ2n) is 6.24. The van der Waals surface area contributed by atoms with Gasteiger partial charge in [0.1, 0.15) is 0 Å². The third-order valence-corrected chi connectivity index (χ3v) is 4.40. The molecule has 1 aliphatic heterocycles. The molecule has 0 radical (unpaired) electrons. The molecule has 132 valence electrons. The number of aliphatic imine (C=N–C) groups is 1. The molecule has 1 aliphatic rings. The Bertz CT molecular complexity index is 683. The van der Waals surface area contributed by atoms with E-state index in [1.54, 1.807) is 6.20 Å². The summed E-state index contributed by atoms with van der Waals surface area (Å²) in [6.07, 6.45) is 2.95. The molecule has 1 aromatic heterocycles. The van der Waals surface area contributed by atoms with Crippen molar-refractivity contribution in [2.75, 3.05) is 26.2 Å². The van der Waals surface area contributed by atoms with Crippen molar-refractivity contribution in [1.82, 2.24) is 20.5 Å². The lowest BCUT2D eigenvalue weighted by Crippen LogP contribution is -2.42. The molecule has 0 unspecified atom stereocenters. The average Bonchev–Trinajstić information content (AvgIpc) is 2.67. The fraction of sp³-hybridized carbons (Fsp3) is 0.400. The Balaban J connectivity index is 1.47. The van der Waals surface area contributed by atoms with E-state index >= 15 is 0 Å². The minimum Gasteiger partial charge on any atom is -0.357 e. The molecule has 3 rings (SSSR count). The molecule has 5 nitrogen and oxygen atoms in total. The number of rotatable bonds is 6. The van der Waals surface area contributed by atoms with Crippen molar-refractivity contribution >= 4 is 5.96 Å². The zero-order valence-corrected chi connectivity index (χ0v) is 14.9. The molecule has 0 bridgehead atoms. The van der Waals surface area contributed by atoms with Gasteiger partial charge in [0, 0.05) is 38.9 Å². The van der Waals surface area contributed by atoms with Gasteiger partial charge in [-0.1, -0.05) is 30.3 Å². The Morgan fingerprint density at radius 2 is 1.96 bits per heavy atom. The Morgan fingerprint density at radius 1 is 1.12 bits per heavy atom. The van der Waals surface area contributed by atoms with Crippen LogP contribution in [0.25, 0.3) is 0 Å². The first-order chi connectivity index (χ1) is 12.3. The fourth-order valence-electron chi connectivity index (χ4n) is 3.07. The van der Waals surface area contributed by atoms with Crippen molar-refractivity contribution in [3.8, 4) is 0 Å². The normalized spacial score (nSPS) is 14.8. The second-order valence-corrected chi connectivity index (χ2v) is 6.24. The predicted octanol–water partition coefficient (Wildman–Crippen LogP) is 2.19. The summed E-state index contributed by atoms with van der Waals surface area (Å²) in [5.74, 6) is 0.852. The third-order valence-electron chi connectivity index (χ3n) is 4.40. The Kier molecular flexibility index (Phi) is 6.40. The van der Waals surface area contributed by atoms with Gasteiger partial charge in [0.25, 0.3) is 0 Å². The fourth-order valence-corrected chi connectivity index (χ4v) is 3.07. The molecule has 0 fully saturated rings. The summed E-state index contributed by atoms with van der Waals surface area (Å²) < 4.78 is 0. The number of nitrogens with zero attached hydrogens (tertiary/aromatic N) is 3. The van der Waals surface area contributed by atoms with Crippen LogP contribution in [0.2, 0.25) is 0 Å². The monoisotopic (exact) mass is 337 g/mol. The number of hydrogen-bond acceptors (Lipinski definition) is 3. The molecule has 0 saturated heterocycles. The molecule has 0 aliphatic carbocycles. The van der Waals surface area contributed by atoms with Crippen LogP contribution in [-0.2, 0) is 19.5 Å². The molecular formula is C20H27N5. The summed E-state index contributed by atoms with van der Waals surface area (Å²) in [6, 6.07) is 14.7. The summed E-state index contributed by atoms with van der Waals surface area (Å²) in [5, 5.41) is 6.73. The minimum atomic E-state index is 0.591. The van der Waals surface area contributed by atoms with Crippen LogP contribution in [0.5, 0.6) is 0 Å². The highest BCUT2D eigenvalue weighted by molar-refractivity contribution is 5.79. The second kappa shape index (κ2) is 9.18. The van der Waals surface area contributed by atoms with Crippen molar-refractivity contribution in [2.24, 2.45) is 4.99 Å². The van der Waals surface area contributed by atoms with Crippen LogP contribution >= 0.6 is 0 Å². The van der Waals surface area contributed by atoms with Gasteiger partial charge < -0.3 is 10.6 Å². The minimum absolute atomic E-state index is 0.591. The number of hydrogen-bond donors (Lipinski definition) is 2. The topological polar surface area (TPSA) is 52.6 Å². The summed E-state index contributed by atoms with van der Waals surface area (Å²) in [6.45, 7) is 7.59. The number of benzene rings is 1. The van der Waals surface area contributed by atoms with Crippen LogP contribution in [0.1, 0.15) is 23.7 Å². The number of guanidine groups is 1. The van der Waals surface area contributed by atoms with Gasteiger partial charge in [-0.25, -0.2) is 4.99 Å². The Morgan fingerprint density at radius 3 is 2.76 bits per heavy atom. The van der Waals surface area contributed by atoms with Gasteiger partial charge in [0.15, 0.2) is 5.96 Å². The molecule has 0 saturated carbocycles. The first-order valence-electron chi connectivity index (χ1n) is 9.06. The van der Waals surface area contributed by atoms with Gasteiger partial charge >= 0.3 is 0 Å². The predicted molar refractivity (Wildman–Crippen MR) is 102 cm³/mol. The Hall–Kier alpha value is -2.40. The van der Waals surface area contributed by atoms with E-state index in [0.717, 1.165) is 50.8 Å². The molecule has 0 spiro atoms. The van der Waals surface area contributed by atoms with Crippen LogP contribution in [0.3, 0.4) is 0 Å². The lowest BCUT2D eigenvalue weighted by molar-refractivity contribution is 0.258. The third kappa shape index (κ3) is 5.29.